The maximum atomic E-state index is 4.14. The van der Waals surface area contributed by atoms with Gasteiger partial charge in [0.15, 0.2) is 0 Å². The third-order valence-electron chi connectivity index (χ3n) is 6.75. The standard InChI is InChI=1S/C27H46N2Si4/c1-22-16-14-17-23(2)26(22)28-20-21-33(31(8,9)10,32(11,12)13)29(30(5,6)7)27-24(3)18-15-19-25(27)4/h14-19,28H,1-13H3. The Kier molecular flexibility index (Phi) is 8.07. The molecule has 0 fully saturated rings. The van der Waals surface area contributed by atoms with Gasteiger partial charge in [-0.25, -0.2) is 0 Å². The van der Waals surface area contributed by atoms with Gasteiger partial charge in [-0.1, -0.05) is 101 Å². The monoisotopic (exact) mass is 510 g/mol. The van der Waals surface area contributed by atoms with Gasteiger partial charge in [0.2, 0.25) is 7.27 Å². The Morgan fingerprint density at radius 2 is 1.03 bits per heavy atom. The van der Waals surface area contributed by atoms with Crippen LogP contribution in [0.5, 0.6) is 0 Å². The third kappa shape index (κ3) is 5.42. The molecule has 180 valence electrons. The van der Waals surface area contributed by atoms with Gasteiger partial charge in [0, 0.05) is 11.7 Å². The summed E-state index contributed by atoms with van der Waals surface area (Å²) in [5.74, 6) is 0. The largest absolute Gasteiger partial charge is 0.419 e. The van der Waals surface area contributed by atoms with E-state index in [1.54, 1.807) is 0 Å². The number of benzene rings is 2. The average Bonchev–Trinajstić information content (AvgIpc) is 2.62. The second-order valence-electron chi connectivity index (χ2n) is 12.6. The van der Waals surface area contributed by atoms with Crippen LogP contribution in [0.3, 0.4) is 0 Å². The second kappa shape index (κ2) is 9.61. The molecule has 2 aromatic rings. The van der Waals surface area contributed by atoms with E-state index in [1.807, 2.05) is 0 Å². The van der Waals surface area contributed by atoms with Gasteiger partial charge in [-0.05, 0) is 49.9 Å². The molecule has 0 unspecified atom stereocenters. The number of hydrogen-bond donors (Lipinski definition) is 1. The molecule has 0 saturated carbocycles. The lowest BCUT2D eigenvalue weighted by Gasteiger charge is -2.59. The highest BCUT2D eigenvalue weighted by Gasteiger charge is 2.61. The number of aryl methyl sites for hydroxylation is 4. The summed E-state index contributed by atoms with van der Waals surface area (Å²) in [5, 5.41) is 3.57. The van der Waals surface area contributed by atoms with Crippen molar-refractivity contribution in [1.29, 1.82) is 0 Å². The number of para-hydroxylation sites is 2. The van der Waals surface area contributed by atoms with E-state index in [-0.39, 0.29) is 0 Å². The van der Waals surface area contributed by atoms with Crippen molar-refractivity contribution in [2.24, 2.45) is 0 Å². The van der Waals surface area contributed by atoms with Crippen LogP contribution < -0.4 is 9.55 Å². The molecular weight excluding hydrogens is 465 g/mol. The SMILES string of the molecule is Cc1cccc(C)c1NC#C[Si](N(c1c(C)cccc1C)[Si](C)(C)C)([Si](C)(C)C)[Si](C)(C)C. The van der Waals surface area contributed by atoms with Crippen molar-refractivity contribution >= 4 is 42.1 Å². The molecule has 0 spiro atoms. The van der Waals surface area contributed by atoms with Crippen molar-refractivity contribution in [3.05, 3.63) is 58.7 Å². The molecule has 0 aliphatic rings. The van der Waals surface area contributed by atoms with Gasteiger partial charge >= 0.3 is 0 Å². The van der Waals surface area contributed by atoms with Crippen LogP contribution in [0.25, 0.3) is 0 Å². The van der Waals surface area contributed by atoms with Gasteiger partial charge in [-0.15, -0.1) is 0 Å². The molecule has 0 aliphatic heterocycles. The first-order valence-electron chi connectivity index (χ1n) is 12.2. The number of nitrogens with zero attached hydrogens (tertiary/aromatic N) is 1. The van der Waals surface area contributed by atoms with Crippen molar-refractivity contribution in [1.82, 2.24) is 0 Å². The molecule has 0 radical (unpaired) electrons. The Hall–Kier alpha value is -1.53. The van der Waals surface area contributed by atoms with E-state index in [4.69, 9.17) is 0 Å². The van der Waals surface area contributed by atoms with Crippen molar-refractivity contribution in [2.75, 3.05) is 9.55 Å². The quantitative estimate of drug-likeness (QED) is 0.241. The van der Waals surface area contributed by atoms with E-state index in [2.05, 4.69) is 144 Å². The van der Waals surface area contributed by atoms with Gasteiger partial charge < -0.3 is 9.55 Å². The number of rotatable bonds is 6. The zero-order chi connectivity index (χ0) is 25.4. The van der Waals surface area contributed by atoms with Crippen LogP contribution in [0.1, 0.15) is 22.3 Å². The Bertz CT molecular complexity index is 1010. The van der Waals surface area contributed by atoms with E-state index >= 15 is 0 Å². The van der Waals surface area contributed by atoms with Gasteiger partial charge in [-0.2, -0.15) is 0 Å². The molecule has 0 aromatic heterocycles. The lowest BCUT2D eigenvalue weighted by Crippen LogP contribution is -2.84. The van der Waals surface area contributed by atoms with E-state index in [0.717, 1.165) is 0 Å². The van der Waals surface area contributed by atoms with Gasteiger partial charge in [-0.3, -0.25) is 0 Å². The van der Waals surface area contributed by atoms with Crippen LogP contribution in [0.15, 0.2) is 36.4 Å². The molecule has 2 nitrogen and oxygen atoms in total. The first-order chi connectivity index (χ1) is 14.9. The summed E-state index contributed by atoms with van der Waals surface area (Å²) in [4.78, 5) is 0. The Balaban J connectivity index is 2.91. The van der Waals surface area contributed by atoms with Gasteiger partial charge in [0.05, 0.1) is 20.9 Å². The summed E-state index contributed by atoms with van der Waals surface area (Å²) in [6.07, 6.45) is 0. The minimum atomic E-state index is -2.21. The molecule has 0 saturated heterocycles. The van der Waals surface area contributed by atoms with Crippen molar-refractivity contribution in [2.45, 2.75) is 86.6 Å². The molecular formula is C27H46N2Si4. The first-order valence-corrected chi connectivity index (χ1v) is 26.6. The topological polar surface area (TPSA) is 15.3 Å². The average molecular weight is 511 g/mol. The first kappa shape index (κ1) is 27.7. The van der Waals surface area contributed by atoms with Crippen LogP contribution in [-0.2, 0) is 0 Å². The maximum Gasteiger partial charge on any atom is 0.204 e. The lowest BCUT2D eigenvalue weighted by molar-refractivity contribution is 1.29. The molecule has 0 heterocycles. The highest BCUT2D eigenvalue weighted by molar-refractivity contribution is 7.73. The zero-order valence-corrected chi connectivity index (χ0v) is 27.4. The van der Waals surface area contributed by atoms with Crippen LogP contribution in [0, 0.1) is 39.3 Å². The summed E-state index contributed by atoms with van der Waals surface area (Å²) in [7, 11) is -7.35. The molecule has 2 aromatic carbocycles. The summed E-state index contributed by atoms with van der Waals surface area (Å²) < 4.78 is 3.02. The van der Waals surface area contributed by atoms with Crippen LogP contribution >= 0.6 is 0 Å². The van der Waals surface area contributed by atoms with Gasteiger partial charge in [0.25, 0.3) is 0 Å². The molecule has 2 rings (SSSR count). The summed E-state index contributed by atoms with van der Waals surface area (Å²) in [5.41, 5.74) is 12.1. The van der Waals surface area contributed by atoms with E-state index in [0.29, 0.717) is 0 Å². The fourth-order valence-corrected chi connectivity index (χ4v) is 62.6. The molecule has 6 heteroatoms. The lowest BCUT2D eigenvalue weighted by atomic mass is 10.1. The van der Waals surface area contributed by atoms with E-state index in [1.165, 1.54) is 33.6 Å². The minimum absolute atomic E-state index is 1.17. The Morgan fingerprint density at radius 1 is 0.636 bits per heavy atom. The van der Waals surface area contributed by atoms with Crippen LogP contribution in [0.4, 0.5) is 11.4 Å². The molecule has 33 heavy (non-hydrogen) atoms. The van der Waals surface area contributed by atoms with Crippen molar-refractivity contribution < 1.29 is 0 Å². The van der Waals surface area contributed by atoms with Crippen LogP contribution in [-0.4, -0.2) is 30.7 Å². The number of anilines is 2. The smallest absolute Gasteiger partial charge is 0.204 e. The van der Waals surface area contributed by atoms with Crippen molar-refractivity contribution in [3.63, 3.8) is 0 Å². The molecule has 1 N–H and O–H groups in total. The Morgan fingerprint density at radius 3 is 1.39 bits per heavy atom. The number of nitrogens with one attached hydrogen (secondary N) is 1. The normalized spacial score (nSPS) is 12.8. The fourth-order valence-electron chi connectivity index (χ4n) is 5.59. The minimum Gasteiger partial charge on any atom is -0.419 e. The molecule has 0 bridgehead atoms. The molecule has 0 amide bonds. The summed E-state index contributed by atoms with van der Waals surface area (Å²) in [6, 6.07) is 16.9. The maximum absolute atomic E-state index is 4.14. The Labute approximate surface area is 208 Å². The zero-order valence-electron chi connectivity index (χ0n) is 23.4. The van der Waals surface area contributed by atoms with Crippen LogP contribution in [0.2, 0.25) is 58.9 Å². The third-order valence-corrected chi connectivity index (χ3v) is 47.0. The predicted molar refractivity (Wildman–Crippen MR) is 162 cm³/mol. The predicted octanol–water partition coefficient (Wildman–Crippen LogP) is 7.95. The van der Waals surface area contributed by atoms with E-state index < -0.39 is 30.7 Å². The number of hydrogen-bond acceptors (Lipinski definition) is 2. The fraction of sp³-hybridized carbons (Fsp3) is 0.481. The summed E-state index contributed by atoms with van der Waals surface area (Å²) >= 11 is 0. The summed E-state index contributed by atoms with van der Waals surface area (Å²) in [6.45, 7) is 32.1. The van der Waals surface area contributed by atoms with Gasteiger partial charge in [0.1, 0.15) is 8.24 Å². The highest BCUT2D eigenvalue weighted by atomic mass is 29.6. The second-order valence-corrected chi connectivity index (χ2v) is 43.8. The van der Waals surface area contributed by atoms with Crippen molar-refractivity contribution in [3.8, 4) is 11.6 Å². The van der Waals surface area contributed by atoms with E-state index in [9.17, 15) is 0 Å². The highest BCUT2D eigenvalue weighted by Crippen LogP contribution is 2.41. The molecule has 0 aliphatic carbocycles. The molecule has 0 atom stereocenters.